The number of benzene rings is 1. The number of halogens is 2. The Bertz CT molecular complexity index is 656. The molecule has 1 saturated carbocycles. The number of aromatic nitrogens is 1. The molecule has 0 radical (unpaired) electrons. The number of hydrogen-bond acceptors (Lipinski definition) is 2. The Morgan fingerprint density at radius 3 is 2.77 bits per heavy atom. The van der Waals surface area contributed by atoms with Crippen LogP contribution >= 0.6 is 24.0 Å². The molecule has 1 aromatic heterocycles. The Morgan fingerprint density at radius 1 is 1.32 bits per heavy atom. The second-order valence-corrected chi connectivity index (χ2v) is 5.17. The van der Waals surface area contributed by atoms with Gasteiger partial charge in [0.1, 0.15) is 11.6 Å². The molecule has 0 atom stereocenters. The molecule has 1 heterocycles. The Labute approximate surface area is 146 Å². The first-order valence-electron chi connectivity index (χ1n) is 6.98. The Morgan fingerprint density at radius 2 is 2.14 bits per heavy atom. The van der Waals surface area contributed by atoms with E-state index < -0.39 is 0 Å². The minimum atomic E-state index is -0.214. The topological polar surface area (TPSA) is 63.3 Å². The molecular weight excluding hydrogens is 394 g/mol. The third-order valence-electron chi connectivity index (χ3n) is 3.47. The number of anilines is 1. The highest BCUT2D eigenvalue weighted by molar-refractivity contribution is 14.0. The van der Waals surface area contributed by atoms with Gasteiger partial charge in [-0.05, 0) is 42.5 Å². The molecular formula is C16H18FIN4. The van der Waals surface area contributed by atoms with Crippen LogP contribution in [0.25, 0.3) is 0 Å². The lowest BCUT2D eigenvalue weighted by Gasteiger charge is -2.06. The molecule has 116 valence electrons. The normalized spacial score (nSPS) is 14.3. The summed E-state index contributed by atoms with van der Waals surface area (Å²) in [6.45, 7) is 0.211. The first-order valence-corrected chi connectivity index (χ1v) is 6.98. The predicted molar refractivity (Wildman–Crippen MR) is 97.0 cm³/mol. The van der Waals surface area contributed by atoms with Crippen LogP contribution in [-0.4, -0.2) is 10.9 Å². The lowest BCUT2D eigenvalue weighted by molar-refractivity contribution is 0.608. The van der Waals surface area contributed by atoms with Gasteiger partial charge in [-0.2, -0.15) is 0 Å². The van der Waals surface area contributed by atoms with Gasteiger partial charge in [-0.3, -0.25) is 0 Å². The molecule has 1 fully saturated rings. The van der Waals surface area contributed by atoms with Crippen LogP contribution in [0.15, 0.2) is 47.6 Å². The van der Waals surface area contributed by atoms with Crippen molar-refractivity contribution in [3.05, 3.63) is 59.5 Å². The minimum absolute atomic E-state index is 0. The van der Waals surface area contributed by atoms with Crippen LogP contribution in [0.1, 0.15) is 29.9 Å². The van der Waals surface area contributed by atoms with E-state index in [2.05, 4.69) is 15.3 Å². The number of aliphatic imine (C=N–C) groups is 1. The van der Waals surface area contributed by atoms with E-state index in [0.717, 1.165) is 18.4 Å². The molecule has 0 aliphatic heterocycles. The minimum Gasteiger partial charge on any atom is -0.370 e. The first kappa shape index (κ1) is 16.7. The van der Waals surface area contributed by atoms with Crippen LogP contribution in [0.4, 0.5) is 10.2 Å². The van der Waals surface area contributed by atoms with E-state index >= 15 is 0 Å². The summed E-state index contributed by atoms with van der Waals surface area (Å²) < 4.78 is 14.0. The second-order valence-electron chi connectivity index (χ2n) is 5.17. The van der Waals surface area contributed by atoms with Gasteiger partial charge >= 0.3 is 0 Å². The van der Waals surface area contributed by atoms with Gasteiger partial charge in [0.05, 0.1) is 6.54 Å². The fraction of sp³-hybridized carbons (Fsp3) is 0.250. The van der Waals surface area contributed by atoms with Crippen LogP contribution < -0.4 is 11.1 Å². The van der Waals surface area contributed by atoms with Gasteiger partial charge in [0, 0.05) is 11.8 Å². The van der Waals surface area contributed by atoms with Gasteiger partial charge < -0.3 is 11.1 Å². The van der Waals surface area contributed by atoms with Crippen molar-refractivity contribution in [2.75, 3.05) is 5.32 Å². The van der Waals surface area contributed by atoms with Crippen molar-refractivity contribution in [1.82, 2.24) is 4.98 Å². The van der Waals surface area contributed by atoms with Crippen molar-refractivity contribution in [3.8, 4) is 0 Å². The highest BCUT2D eigenvalue weighted by Crippen LogP contribution is 2.40. The van der Waals surface area contributed by atoms with Gasteiger partial charge in [0.2, 0.25) is 0 Å². The zero-order chi connectivity index (χ0) is 14.7. The van der Waals surface area contributed by atoms with Crippen molar-refractivity contribution in [2.24, 2.45) is 10.7 Å². The molecule has 0 bridgehead atoms. The summed E-state index contributed by atoms with van der Waals surface area (Å²) in [6, 6.07) is 10.8. The quantitative estimate of drug-likeness (QED) is 0.458. The average molecular weight is 412 g/mol. The Balaban J connectivity index is 0.00000176. The molecule has 22 heavy (non-hydrogen) atoms. The Kier molecular flexibility index (Phi) is 5.70. The smallest absolute Gasteiger partial charge is 0.194 e. The van der Waals surface area contributed by atoms with Crippen molar-refractivity contribution in [3.63, 3.8) is 0 Å². The molecule has 3 rings (SSSR count). The molecule has 4 nitrogen and oxygen atoms in total. The largest absolute Gasteiger partial charge is 0.370 e. The second kappa shape index (κ2) is 7.53. The van der Waals surface area contributed by atoms with Crippen molar-refractivity contribution < 1.29 is 4.39 Å². The number of guanidine groups is 1. The standard InChI is InChI=1S/C16H17FN4.HI/c17-14-9-12(11-4-5-11)6-7-13(14)10-20-16(18)21-15-3-1-2-8-19-15;/h1-3,6-9,11H,4-5,10H2,(H3,18,19,20,21);1H. The molecule has 0 saturated heterocycles. The lowest BCUT2D eigenvalue weighted by Crippen LogP contribution is -2.23. The number of pyridine rings is 1. The molecule has 0 amide bonds. The Hall–Kier alpha value is -1.70. The summed E-state index contributed by atoms with van der Waals surface area (Å²) in [4.78, 5) is 8.23. The monoisotopic (exact) mass is 412 g/mol. The summed E-state index contributed by atoms with van der Waals surface area (Å²) in [5.74, 6) is 1.17. The SMILES string of the molecule is I.NC(=NCc1ccc(C2CC2)cc1F)Nc1ccccn1. The third-order valence-corrected chi connectivity index (χ3v) is 3.47. The van der Waals surface area contributed by atoms with Gasteiger partial charge in [-0.15, -0.1) is 24.0 Å². The number of nitrogens with one attached hydrogen (secondary N) is 1. The van der Waals surface area contributed by atoms with Crippen LogP contribution in [-0.2, 0) is 6.54 Å². The van der Waals surface area contributed by atoms with Gasteiger partial charge in [0.15, 0.2) is 5.96 Å². The van der Waals surface area contributed by atoms with E-state index in [-0.39, 0.29) is 42.3 Å². The number of hydrogen-bond donors (Lipinski definition) is 2. The molecule has 6 heteroatoms. The van der Waals surface area contributed by atoms with Gasteiger partial charge in [0.25, 0.3) is 0 Å². The highest BCUT2D eigenvalue weighted by atomic mass is 127. The summed E-state index contributed by atoms with van der Waals surface area (Å²) in [5.41, 5.74) is 7.40. The van der Waals surface area contributed by atoms with E-state index in [1.54, 1.807) is 24.4 Å². The first-order chi connectivity index (χ1) is 10.2. The molecule has 1 aliphatic carbocycles. The predicted octanol–water partition coefficient (Wildman–Crippen LogP) is 3.64. The zero-order valence-corrected chi connectivity index (χ0v) is 14.3. The van der Waals surface area contributed by atoms with E-state index in [1.165, 1.54) is 0 Å². The van der Waals surface area contributed by atoms with Gasteiger partial charge in [-0.1, -0.05) is 18.2 Å². The highest BCUT2D eigenvalue weighted by Gasteiger charge is 2.24. The summed E-state index contributed by atoms with van der Waals surface area (Å²) in [5, 5.41) is 2.87. The van der Waals surface area contributed by atoms with Crippen molar-refractivity contribution in [2.45, 2.75) is 25.3 Å². The third kappa shape index (κ3) is 4.40. The van der Waals surface area contributed by atoms with E-state index in [1.807, 2.05) is 18.2 Å². The van der Waals surface area contributed by atoms with E-state index in [4.69, 9.17) is 5.73 Å². The molecule has 0 unspecified atom stereocenters. The lowest BCUT2D eigenvalue weighted by atomic mass is 10.1. The number of nitrogens with two attached hydrogens (primary N) is 1. The fourth-order valence-electron chi connectivity index (χ4n) is 2.14. The molecule has 0 spiro atoms. The summed E-state index contributed by atoms with van der Waals surface area (Å²) in [6.07, 6.45) is 3.99. The number of rotatable bonds is 4. The van der Waals surface area contributed by atoms with Crippen molar-refractivity contribution >= 4 is 35.8 Å². The van der Waals surface area contributed by atoms with Crippen LogP contribution in [0.2, 0.25) is 0 Å². The zero-order valence-electron chi connectivity index (χ0n) is 12.0. The molecule has 1 aromatic carbocycles. The molecule has 1 aliphatic rings. The molecule has 3 N–H and O–H groups in total. The average Bonchev–Trinajstić information content (AvgIpc) is 3.31. The number of nitrogens with zero attached hydrogens (tertiary/aromatic N) is 2. The van der Waals surface area contributed by atoms with E-state index in [0.29, 0.717) is 17.3 Å². The van der Waals surface area contributed by atoms with Crippen LogP contribution in [0.5, 0.6) is 0 Å². The van der Waals surface area contributed by atoms with Crippen LogP contribution in [0, 0.1) is 5.82 Å². The van der Waals surface area contributed by atoms with E-state index in [9.17, 15) is 4.39 Å². The van der Waals surface area contributed by atoms with Crippen LogP contribution in [0.3, 0.4) is 0 Å². The van der Waals surface area contributed by atoms with Gasteiger partial charge in [-0.25, -0.2) is 14.4 Å². The summed E-state index contributed by atoms with van der Waals surface area (Å²) >= 11 is 0. The van der Waals surface area contributed by atoms with Crippen molar-refractivity contribution in [1.29, 1.82) is 0 Å². The maximum atomic E-state index is 14.0. The fourth-order valence-corrected chi connectivity index (χ4v) is 2.14. The molecule has 2 aromatic rings. The maximum absolute atomic E-state index is 14.0. The maximum Gasteiger partial charge on any atom is 0.194 e. The summed E-state index contributed by atoms with van der Waals surface area (Å²) in [7, 11) is 0.